The van der Waals surface area contributed by atoms with Gasteiger partial charge in [-0.3, -0.25) is 9.59 Å². The molecule has 2 amide bonds. The Kier molecular flexibility index (Phi) is 8.87. The van der Waals surface area contributed by atoms with Crippen LogP contribution in [0.15, 0.2) is 24.3 Å². The number of hydrogen-bond donors (Lipinski definition) is 1. The highest BCUT2D eigenvalue weighted by Crippen LogP contribution is 2.18. The number of carbonyl (C=O) groups is 2. The molecule has 0 bridgehead atoms. The largest absolute Gasteiger partial charge is 0.396 e. The van der Waals surface area contributed by atoms with E-state index in [-0.39, 0.29) is 23.4 Å². The van der Waals surface area contributed by atoms with Gasteiger partial charge in [0.25, 0.3) is 0 Å². The second-order valence-electron chi connectivity index (χ2n) is 8.28. The van der Waals surface area contributed by atoms with Crippen LogP contribution in [0.5, 0.6) is 0 Å². The number of nitrogens with zero attached hydrogens (tertiary/aromatic N) is 3. The van der Waals surface area contributed by atoms with E-state index in [1.807, 2.05) is 4.90 Å². The molecule has 0 aliphatic carbocycles. The van der Waals surface area contributed by atoms with E-state index in [9.17, 15) is 19.1 Å². The van der Waals surface area contributed by atoms with Crippen LogP contribution >= 0.6 is 11.6 Å². The molecule has 31 heavy (non-hydrogen) atoms. The number of likely N-dealkylation sites (tertiary alicyclic amines) is 1. The Morgan fingerprint density at radius 3 is 2.65 bits per heavy atom. The van der Waals surface area contributed by atoms with Crippen molar-refractivity contribution in [2.24, 2.45) is 5.92 Å². The minimum atomic E-state index is -0.495. The Bertz CT molecular complexity index is 796. The molecule has 1 N–H and O–H groups in total. The molecule has 0 unspecified atom stereocenters. The molecule has 1 aromatic rings. The van der Waals surface area contributed by atoms with Crippen LogP contribution in [-0.2, 0) is 9.59 Å². The number of halogens is 2. The first-order valence-corrected chi connectivity index (χ1v) is 11.4. The lowest BCUT2D eigenvalue weighted by atomic mass is 9.98. The van der Waals surface area contributed by atoms with Gasteiger partial charge in [-0.15, -0.1) is 0 Å². The highest BCUT2D eigenvalue weighted by atomic mass is 35.5. The molecule has 3 rings (SSSR count). The first-order valence-electron chi connectivity index (χ1n) is 11.0. The Morgan fingerprint density at radius 1 is 1.16 bits per heavy atom. The zero-order valence-electron chi connectivity index (χ0n) is 17.8. The van der Waals surface area contributed by atoms with Crippen molar-refractivity contribution >= 4 is 29.5 Å². The van der Waals surface area contributed by atoms with Crippen molar-refractivity contribution in [1.82, 2.24) is 14.7 Å². The van der Waals surface area contributed by atoms with Crippen LogP contribution in [-0.4, -0.2) is 84.0 Å². The molecule has 8 heteroatoms. The van der Waals surface area contributed by atoms with Gasteiger partial charge in [0, 0.05) is 45.3 Å². The summed E-state index contributed by atoms with van der Waals surface area (Å²) in [7, 11) is 0. The Hall–Kier alpha value is -1.96. The molecule has 0 radical (unpaired) electrons. The van der Waals surface area contributed by atoms with Gasteiger partial charge >= 0.3 is 0 Å². The third-order valence-corrected chi connectivity index (χ3v) is 6.42. The lowest BCUT2D eigenvalue weighted by molar-refractivity contribution is -0.130. The summed E-state index contributed by atoms with van der Waals surface area (Å²) in [6.07, 6.45) is 6.36. The fraction of sp³-hybridized carbons (Fsp3) is 0.565. The van der Waals surface area contributed by atoms with Crippen molar-refractivity contribution in [2.75, 3.05) is 52.4 Å². The van der Waals surface area contributed by atoms with Crippen molar-refractivity contribution in [3.05, 3.63) is 40.7 Å². The van der Waals surface area contributed by atoms with E-state index in [0.717, 1.165) is 38.9 Å². The molecular weight excluding hydrogens is 421 g/mol. The molecule has 0 atom stereocenters. The van der Waals surface area contributed by atoms with Gasteiger partial charge in [-0.1, -0.05) is 17.7 Å². The van der Waals surface area contributed by atoms with Crippen molar-refractivity contribution in [1.29, 1.82) is 0 Å². The smallest absolute Gasteiger partial charge is 0.246 e. The third kappa shape index (κ3) is 7.02. The van der Waals surface area contributed by atoms with Crippen LogP contribution in [0.25, 0.3) is 6.08 Å². The van der Waals surface area contributed by atoms with Crippen molar-refractivity contribution in [3.8, 4) is 0 Å². The molecule has 2 aliphatic rings. The zero-order chi connectivity index (χ0) is 22.2. The lowest BCUT2D eigenvalue weighted by Crippen LogP contribution is -2.39. The van der Waals surface area contributed by atoms with Crippen molar-refractivity contribution < 1.29 is 19.1 Å². The molecule has 170 valence electrons. The van der Waals surface area contributed by atoms with Crippen LogP contribution in [0.3, 0.4) is 0 Å². The summed E-state index contributed by atoms with van der Waals surface area (Å²) in [6.45, 7) is 5.38. The molecule has 2 saturated heterocycles. The number of rotatable bonds is 7. The fourth-order valence-corrected chi connectivity index (χ4v) is 4.28. The average molecular weight is 452 g/mol. The van der Waals surface area contributed by atoms with Gasteiger partial charge in [0.1, 0.15) is 5.82 Å². The standard InChI is InChI=1S/C23H31ClFN3O3/c24-20-16-18(2-4-21(20)25)3-5-22(30)28-13-8-23(31)27(14-15-28)10-1-9-26-11-6-19(17-29)7-12-26/h2-5,16,19,29H,1,6-15,17H2/b5-3+. The number of amides is 2. The monoisotopic (exact) mass is 451 g/mol. The SMILES string of the molecule is O=C(/C=C/c1ccc(F)c(Cl)c1)N1CCC(=O)N(CCCN2CCC(CO)CC2)CC1. The summed E-state index contributed by atoms with van der Waals surface area (Å²) in [4.78, 5) is 31.0. The van der Waals surface area contributed by atoms with E-state index in [2.05, 4.69) is 4.90 Å². The van der Waals surface area contributed by atoms with Gasteiger partial charge in [-0.05, 0) is 68.6 Å². The molecule has 2 heterocycles. The predicted octanol–water partition coefficient (Wildman–Crippen LogP) is 2.65. The van der Waals surface area contributed by atoms with Crippen LogP contribution in [0.1, 0.15) is 31.2 Å². The van der Waals surface area contributed by atoms with Gasteiger partial charge in [-0.25, -0.2) is 4.39 Å². The molecule has 2 aliphatic heterocycles. The Labute approximate surface area is 188 Å². The Balaban J connectivity index is 1.43. The van der Waals surface area contributed by atoms with Gasteiger partial charge in [-0.2, -0.15) is 0 Å². The van der Waals surface area contributed by atoms with Crippen LogP contribution in [0.4, 0.5) is 4.39 Å². The first-order chi connectivity index (χ1) is 15.0. The molecule has 6 nitrogen and oxygen atoms in total. The van der Waals surface area contributed by atoms with E-state index in [1.165, 1.54) is 18.2 Å². The number of aliphatic hydroxyl groups is 1. The number of carbonyl (C=O) groups excluding carboxylic acids is 2. The normalized spacial score (nSPS) is 19.3. The minimum absolute atomic E-state index is 0.0170. The van der Waals surface area contributed by atoms with Gasteiger partial charge < -0.3 is 19.8 Å². The summed E-state index contributed by atoms with van der Waals surface area (Å²) in [5.41, 5.74) is 0.648. The van der Waals surface area contributed by atoms with Crippen molar-refractivity contribution in [2.45, 2.75) is 25.7 Å². The number of benzene rings is 1. The molecule has 2 fully saturated rings. The van der Waals surface area contributed by atoms with Crippen LogP contribution < -0.4 is 0 Å². The van der Waals surface area contributed by atoms with E-state index in [4.69, 9.17) is 11.6 Å². The first kappa shape index (κ1) is 23.7. The van der Waals surface area contributed by atoms with E-state index >= 15 is 0 Å². The van der Waals surface area contributed by atoms with Gasteiger partial charge in [0.2, 0.25) is 11.8 Å². The topological polar surface area (TPSA) is 64.1 Å². The zero-order valence-corrected chi connectivity index (χ0v) is 18.6. The molecular formula is C23H31ClFN3O3. The van der Waals surface area contributed by atoms with Gasteiger partial charge in [0.15, 0.2) is 0 Å². The third-order valence-electron chi connectivity index (χ3n) is 6.13. The Morgan fingerprint density at radius 2 is 1.94 bits per heavy atom. The highest BCUT2D eigenvalue weighted by molar-refractivity contribution is 6.30. The maximum absolute atomic E-state index is 13.3. The number of hydrogen-bond acceptors (Lipinski definition) is 4. The summed E-state index contributed by atoms with van der Waals surface area (Å²) >= 11 is 5.78. The van der Waals surface area contributed by atoms with Crippen LogP contribution in [0, 0.1) is 11.7 Å². The highest BCUT2D eigenvalue weighted by Gasteiger charge is 2.23. The summed E-state index contributed by atoms with van der Waals surface area (Å²) < 4.78 is 13.3. The number of aliphatic hydroxyl groups excluding tert-OH is 1. The van der Waals surface area contributed by atoms with E-state index < -0.39 is 5.82 Å². The molecule has 1 aromatic carbocycles. The fourth-order valence-electron chi connectivity index (χ4n) is 4.09. The second kappa shape index (κ2) is 11.6. The lowest BCUT2D eigenvalue weighted by Gasteiger charge is -2.31. The predicted molar refractivity (Wildman–Crippen MR) is 119 cm³/mol. The maximum Gasteiger partial charge on any atom is 0.246 e. The summed E-state index contributed by atoms with van der Waals surface area (Å²) in [5.74, 6) is -0.141. The maximum atomic E-state index is 13.3. The van der Waals surface area contributed by atoms with Crippen LogP contribution in [0.2, 0.25) is 5.02 Å². The summed E-state index contributed by atoms with van der Waals surface area (Å²) in [6, 6.07) is 4.30. The average Bonchev–Trinajstić information content (AvgIpc) is 2.96. The minimum Gasteiger partial charge on any atom is -0.396 e. The quantitative estimate of drug-likeness (QED) is 0.647. The van der Waals surface area contributed by atoms with Crippen molar-refractivity contribution in [3.63, 3.8) is 0 Å². The van der Waals surface area contributed by atoms with E-state index in [0.29, 0.717) is 44.1 Å². The molecule has 0 spiro atoms. The second-order valence-corrected chi connectivity index (χ2v) is 8.69. The summed E-state index contributed by atoms with van der Waals surface area (Å²) in [5, 5.41) is 9.26. The molecule has 0 aromatic heterocycles. The number of piperidine rings is 1. The van der Waals surface area contributed by atoms with Gasteiger partial charge in [0.05, 0.1) is 5.02 Å². The molecule has 0 saturated carbocycles. The van der Waals surface area contributed by atoms with E-state index in [1.54, 1.807) is 17.0 Å².